The van der Waals surface area contributed by atoms with Crippen LogP contribution in [-0.2, 0) is 0 Å². The quantitative estimate of drug-likeness (QED) is 0.600. The van der Waals surface area contributed by atoms with Gasteiger partial charge in [0.15, 0.2) is 6.29 Å². The summed E-state index contributed by atoms with van der Waals surface area (Å²) in [6.45, 7) is 0. The van der Waals surface area contributed by atoms with Crippen LogP contribution in [0.5, 0.6) is 0 Å². The van der Waals surface area contributed by atoms with Crippen molar-refractivity contribution in [3.05, 3.63) is 34.9 Å². The van der Waals surface area contributed by atoms with E-state index in [2.05, 4.69) is 0 Å². The lowest BCUT2D eigenvalue weighted by Crippen LogP contribution is -2.03. The molecule has 15 heavy (non-hydrogen) atoms. The van der Waals surface area contributed by atoms with Crippen molar-refractivity contribution < 1.29 is 19.9 Å². The summed E-state index contributed by atoms with van der Waals surface area (Å²) in [5.41, 5.74) is -0.117. The first kappa shape index (κ1) is 13.8. The minimum atomic E-state index is -0.799. The summed E-state index contributed by atoms with van der Waals surface area (Å²) in [5, 5.41) is -1.60. The van der Waals surface area contributed by atoms with Crippen LogP contribution in [0, 0.1) is 0 Å². The predicted molar refractivity (Wildman–Crippen MR) is 55.8 cm³/mol. The highest BCUT2D eigenvalue weighted by molar-refractivity contribution is 6.69. The topological polar surface area (TPSA) is 82.7 Å². The average molecular weight is 249 g/mol. The summed E-state index contributed by atoms with van der Waals surface area (Å²) in [5.74, 6) is 0. The zero-order valence-electron chi connectivity index (χ0n) is 7.29. The minimum absolute atomic E-state index is 0. The van der Waals surface area contributed by atoms with Gasteiger partial charge in [0, 0.05) is 16.7 Å². The second-order valence-electron chi connectivity index (χ2n) is 2.43. The van der Waals surface area contributed by atoms with Gasteiger partial charge in [0.2, 0.25) is 0 Å². The number of aldehydes is 1. The van der Waals surface area contributed by atoms with Gasteiger partial charge in [-0.05, 0) is 35.3 Å². The Morgan fingerprint density at radius 3 is 1.73 bits per heavy atom. The van der Waals surface area contributed by atoms with Gasteiger partial charge in [-0.2, -0.15) is 0 Å². The number of hydrogen-bond acceptors (Lipinski definition) is 3. The van der Waals surface area contributed by atoms with Gasteiger partial charge in [0.25, 0.3) is 10.5 Å². The molecule has 0 spiro atoms. The van der Waals surface area contributed by atoms with Gasteiger partial charge < -0.3 is 5.48 Å². The molecule has 0 radical (unpaired) electrons. The van der Waals surface area contributed by atoms with Crippen LogP contribution >= 0.6 is 23.2 Å². The van der Waals surface area contributed by atoms with Crippen molar-refractivity contribution in [2.75, 3.05) is 0 Å². The van der Waals surface area contributed by atoms with Crippen molar-refractivity contribution in [3.8, 4) is 0 Å². The van der Waals surface area contributed by atoms with E-state index < -0.39 is 10.5 Å². The first-order chi connectivity index (χ1) is 6.57. The largest absolute Gasteiger partial charge is 0.412 e. The molecule has 4 nitrogen and oxygen atoms in total. The molecular weight excluding hydrogens is 243 g/mol. The van der Waals surface area contributed by atoms with E-state index >= 15 is 0 Å². The van der Waals surface area contributed by atoms with E-state index in [0.29, 0.717) is 6.29 Å². The third kappa shape index (κ3) is 2.86. The summed E-state index contributed by atoms with van der Waals surface area (Å²) < 4.78 is 0. The van der Waals surface area contributed by atoms with E-state index in [4.69, 9.17) is 23.2 Å². The normalized spacial score (nSPS) is 8.93. The van der Waals surface area contributed by atoms with E-state index in [1.807, 2.05) is 0 Å². The molecular formula is C9H6Cl2O4. The fourth-order valence-electron chi connectivity index (χ4n) is 1.03. The van der Waals surface area contributed by atoms with E-state index in [-0.39, 0.29) is 22.2 Å². The van der Waals surface area contributed by atoms with Crippen LogP contribution in [0.15, 0.2) is 18.2 Å². The number of hydrogen-bond donors (Lipinski definition) is 0. The molecule has 1 aromatic carbocycles. The molecule has 0 amide bonds. The molecule has 0 bridgehead atoms. The fraction of sp³-hybridized carbons (Fsp3) is 0. The van der Waals surface area contributed by atoms with Crippen molar-refractivity contribution in [1.82, 2.24) is 0 Å². The number of carbonyl (C=O) groups excluding carboxylic acids is 3. The van der Waals surface area contributed by atoms with Crippen molar-refractivity contribution >= 4 is 40.0 Å². The molecule has 0 fully saturated rings. The third-order valence-corrected chi connectivity index (χ3v) is 2.05. The monoisotopic (exact) mass is 248 g/mol. The summed E-state index contributed by atoms with van der Waals surface area (Å²) in [4.78, 5) is 32.3. The van der Waals surface area contributed by atoms with Gasteiger partial charge >= 0.3 is 0 Å². The van der Waals surface area contributed by atoms with Crippen LogP contribution < -0.4 is 0 Å². The zero-order valence-corrected chi connectivity index (χ0v) is 8.80. The van der Waals surface area contributed by atoms with Gasteiger partial charge in [-0.15, -0.1) is 0 Å². The Labute approximate surface area is 95.1 Å². The van der Waals surface area contributed by atoms with E-state index in [0.717, 1.165) is 0 Å². The number of benzene rings is 1. The molecule has 0 aliphatic rings. The Morgan fingerprint density at radius 1 is 1.07 bits per heavy atom. The van der Waals surface area contributed by atoms with E-state index in [9.17, 15) is 14.4 Å². The maximum Gasteiger partial charge on any atom is 0.253 e. The van der Waals surface area contributed by atoms with Crippen LogP contribution in [0.2, 0.25) is 0 Å². The van der Waals surface area contributed by atoms with Gasteiger partial charge in [0.1, 0.15) is 0 Å². The maximum absolute atomic E-state index is 10.9. The lowest BCUT2D eigenvalue weighted by Gasteiger charge is -2.02. The molecule has 80 valence electrons. The Balaban J connectivity index is 0.00000196. The number of carbonyl (C=O) groups is 3. The van der Waals surface area contributed by atoms with Crippen molar-refractivity contribution in [1.29, 1.82) is 0 Å². The maximum atomic E-state index is 10.9. The highest BCUT2D eigenvalue weighted by atomic mass is 35.5. The highest BCUT2D eigenvalue weighted by Gasteiger charge is 2.15. The third-order valence-electron chi connectivity index (χ3n) is 1.65. The first-order valence-corrected chi connectivity index (χ1v) is 4.31. The fourth-order valence-corrected chi connectivity index (χ4v) is 1.36. The lowest BCUT2D eigenvalue weighted by atomic mass is 10.0. The van der Waals surface area contributed by atoms with Gasteiger partial charge in [-0.25, -0.2) is 0 Å². The van der Waals surface area contributed by atoms with Crippen LogP contribution in [0.4, 0.5) is 0 Å². The van der Waals surface area contributed by atoms with Gasteiger partial charge in [-0.3, -0.25) is 14.4 Å². The van der Waals surface area contributed by atoms with Crippen molar-refractivity contribution in [2.24, 2.45) is 0 Å². The molecule has 0 saturated heterocycles. The molecule has 0 aliphatic heterocycles. The van der Waals surface area contributed by atoms with E-state index in [1.54, 1.807) is 0 Å². The molecule has 1 aromatic rings. The first-order valence-electron chi connectivity index (χ1n) is 3.55. The van der Waals surface area contributed by atoms with Gasteiger partial charge in [-0.1, -0.05) is 6.07 Å². The van der Waals surface area contributed by atoms with Crippen molar-refractivity contribution in [3.63, 3.8) is 0 Å². The Kier molecular flexibility index (Phi) is 5.14. The Bertz CT molecular complexity index is 382. The molecule has 0 aromatic heterocycles. The smallest absolute Gasteiger partial charge is 0.253 e. The SMILES string of the molecule is O.O=Cc1c(C(=O)Cl)cccc1C(=O)Cl. The molecule has 2 N–H and O–H groups in total. The Hall–Kier alpha value is -1.23. The van der Waals surface area contributed by atoms with Crippen LogP contribution in [-0.4, -0.2) is 22.2 Å². The minimum Gasteiger partial charge on any atom is -0.412 e. The van der Waals surface area contributed by atoms with Crippen molar-refractivity contribution in [2.45, 2.75) is 0 Å². The molecule has 0 aliphatic carbocycles. The second-order valence-corrected chi connectivity index (χ2v) is 3.12. The predicted octanol–water partition coefficient (Wildman–Crippen LogP) is 1.43. The summed E-state index contributed by atoms with van der Waals surface area (Å²) in [6.07, 6.45) is 0.380. The molecule has 0 saturated carbocycles. The number of rotatable bonds is 3. The highest BCUT2D eigenvalue weighted by Crippen LogP contribution is 2.16. The summed E-state index contributed by atoms with van der Waals surface area (Å²) in [6, 6.07) is 4.13. The average Bonchev–Trinajstić information content (AvgIpc) is 2.16. The molecule has 0 atom stereocenters. The van der Waals surface area contributed by atoms with Crippen LogP contribution in [0.25, 0.3) is 0 Å². The molecule has 6 heteroatoms. The van der Waals surface area contributed by atoms with E-state index in [1.165, 1.54) is 18.2 Å². The van der Waals surface area contributed by atoms with Crippen LogP contribution in [0.1, 0.15) is 31.1 Å². The second kappa shape index (κ2) is 5.60. The number of halogens is 2. The standard InChI is InChI=1S/C9H4Cl2O3.H2O/c10-8(13)5-2-1-3-6(9(11)14)7(5)4-12;/h1-4H;1H2. The molecule has 0 heterocycles. The molecule has 1 rings (SSSR count). The lowest BCUT2D eigenvalue weighted by molar-refractivity contribution is 0.105. The Morgan fingerprint density at radius 2 is 1.47 bits per heavy atom. The summed E-state index contributed by atoms with van der Waals surface area (Å²) in [7, 11) is 0. The van der Waals surface area contributed by atoms with Gasteiger partial charge in [0.05, 0.1) is 0 Å². The van der Waals surface area contributed by atoms with Crippen LogP contribution in [0.3, 0.4) is 0 Å². The summed E-state index contributed by atoms with van der Waals surface area (Å²) >= 11 is 10.4. The molecule has 0 unspecified atom stereocenters. The zero-order chi connectivity index (χ0) is 10.7.